The maximum absolute atomic E-state index is 15.4. The first-order chi connectivity index (χ1) is 24.7. The largest absolute Gasteiger partial charge is 0.429 e. The Morgan fingerprint density at radius 1 is 0.635 bits per heavy atom. The van der Waals surface area contributed by atoms with Gasteiger partial charge in [-0.1, -0.05) is 82.0 Å². The molecular formula is C44H31F6NO. The Bertz CT molecular complexity index is 2420. The average Bonchev–Trinajstić information content (AvgIpc) is 3.09. The summed E-state index contributed by atoms with van der Waals surface area (Å²) in [6, 6.07) is 25.1. The van der Waals surface area contributed by atoms with Crippen LogP contribution in [0.1, 0.15) is 61.1 Å². The number of rotatable bonds is 6. The summed E-state index contributed by atoms with van der Waals surface area (Å²) in [5.74, 6) is 1.88. The molecule has 260 valence electrons. The second-order valence-corrected chi connectivity index (χ2v) is 13.4. The van der Waals surface area contributed by atoms with Gasteiger partial charge in [-0.25, -0.2) is 17.6 Å². The van der Waals surface area contributed by atoms with Crippen molar-refractivity contribution in [3.63, 3.8) is 0 Å². The summed E-state index contributed by atoms with van der Waals surface area (Å²) in [4.78, 5) is 0. The van der Waals surface area contributed by atoms with E-state index in [-0.39, 0.29) is 22.1 Å². The lowest BCUT2D eigenvalue weighted by atomic mass is 9.82. The van der Waals surface area contributed by atoms with Gasteiger partial charge >= 0.3 is 6.11 Å². The topological polar surface area (TPSA) is 33.0 Å². The number of aryl methyl sites for hydroxylation is 1. The Kier molecular flexibility index (Phi) is 9.62. The van der Waals surface area contributed by atoms with Crippen LogP contribution in [-0.2, 0) is 17.9 Å². The van der Waals surface area contributed by atoms with Crippen LogP contribution in [0.2, 0.25) is 0 Å². The zero-order valence-electron chi connectivity index (χ0n) is 28.6. The molecule has 0 radical (unpaired) electrons. The molecule has 0 atom stereocenters. The van der Waals surface area contributed by atoms with Crippen molar-refractivity contribution < 1.29 is 31.1 Å². The quantitative estimate of drug-likeness (QED) is 0.128. The van der Waals surface area contributed by atoms with Gasteiger partial charge in [-0.2, -0.15) is 14.0 Å². The minimum Gasteiger partial charge on any atom is -0.429 e. The van der Waals surface area contributed by atoms with Crippen LogP contribution < -0.4 is 4.74 Å². The number of fused-ring (bicyclic) bond motifs is 1. The Morgan fingerprint density at radius 2 is 1.27 bits per heavy atom. The second-order valence-electron chi connectivity index (χ2n) is 13.4. The van der Waals surface area contributed by atoms with Crippen molar-refractivity contribution in [2.24, 2.45) is 0 Å². The van der Waals surface area contributed by atoms with E-state index < -0.39 is 46.3 Å². The monoisotopic (exact) mass is 703 g/mol. The summed E-state index contributed by atoms with van der Waals surface area (Å²) in [6.45, 7) is 7.90. The van der Waals surface area contributed by atoms with Crippen LogP contribution >= 0.6 is 0 Å². The van der Waals surface area contributed by atoms with E-state index in [4.69, 9.17) is 10.00 Å². The molecule has 52 heavy (non-hydrogen) atoms. The smallest absolute Gasteiger partial charge is 0.426 e. The average molecular weight is 704 g/mol. The fraction of sp³-hybridized carbons (Fsp3) is 0.159. The van der Waals surface area contributed by atoms with Crippen molar-refractivity contribution in [1.29, 1.82) is 5.26 Å². The van der Waals surface area contributed by atoms with E-state index in [1.807, 2.05) is 39.8 Å². The number of halogens is 6. The molecule has 0 saturated heterocycles. The molecule has 0 fully saturated rings. The van der Waals surface area contributed by atoms with Crippen molar-refractivity contribution in [2.75, 3.05) is 0 Å². The molecule has 6 aromatic rings. The van der Waals surface area contributed by atoms with E-state index in [1.54, 1.807) is 30.3 Å². The highest BCUT2D eigenvalue weighted by atomic mass is 19.3. The predicted octanol–water partition coefficient (Wildman–Crippen LogP) is 12.0. The van der Waals surface area contributed by atoms with Gasteiger partial charge in [0, 0.05) is 23.3 Å². The third kappa shape index (κ3) is 7.38. The molecule has 6 aromatic carbocycles. The van der Waals surface area contributed by atoms with Gasteiger partial charge in [0.1, 0.15) is 29.0 Å². The van der Waals surface area contributed by atoms with E-state index in [1.165, 1.54) is 48.5 Å². The van der Waals surface area contributed by atoms with Crippen LogP contribution in [0.25, 0.3) is 33.0 Å². The molecular weight excluding hydrogens is 672 g/mol. The molecule has 0 unspecified atom stereocenters. The number of hydrogen-bond acceptors (Lipinski definition) is 2. The lowest BCUT2D eigenvalue weighted by Gasteiger charge is -2.22. The van der Waals surface area contributed by atoms with Gasteiger partial charge in [-0.3, -0.25) is 0 Å². The lowest BCUT2D eigenvalue weighted by molar-refractivity contribution is -0.185. The van der Waals surface area contributed by atoms with Crippen molar-refractivity contribution in [1.82, 2.24) is 0 Å². The summed E-state index contributed by atoms with van der Waals surface area (Å²) >= 11 is 0. The molecule has 0 heterocycles. The minimum atomic E-state index is -3.96. The Morgan fingerprint density at radius 3 is 1.90 bits per heavy atom. The molecule has 0 amide bonds. The summed E-state index contributed by atoms with van der Waals surface area (Å²) in [7, 11) is 0. The number of alkyl halides is 2. The van der Waals surface area contributed by atoms with Gasteiger partial charge in [-0.15, -0.1) is 0 Å². The first-order valence-electron chi connectivity index (χ1n) is 16.4. The first-order valence-corrected chi connectivity index (χ1v) is 16.4. The zero-order chi connectivity index (χ0) is 37.4. The molecule has 0 spiro atoms. The third-order valence-electron chi connectivity index (χ3n) is 8.72. The van der Waals surface area contributed by atoms with Gasteiger partial charge in [0.2, 0.25) is 0 Å². The number of benzene rings is 6. The maximum Gasteiger partial charge on any atom is 0.426 e. The summed E-state index contributed by atoms with van der Waals surface area (Å²) in [6.07, 6.45) is -3.28. The summed E-state index contributed by atoms with van der Waals surface area (Å²) in [5.41, 5.74) is 2.09. The Labute approximate surface area is 297 Å². The van der Waals surface area contributed by atoms with E-state index in [2.05, 4.69) is 11.8 Å². The van der Waals surface area contributed by atoms with Crippen LogP contribution in [0.5, 0.6) is 5.75 Å². The number of nitriles is 1. The highest BCUT2D eigenvalue weighted by molar-refractivity contribution is 5.88. The van der Waals surface area contributed by atoms with Gasteiger partial charge < -0.3 is 4.74 Å². The van der Waals surface area contributed by atoms with Gasteiger partial charge in [0.15, 0.2) is 0 Å². The number of nitrogens with zero attached hydrogens (tertiary/aromatic N) is 1. The Hall–Kier alpha value is -5.99. The van der Waals surface area contributed by atoms with Gasteiger partial charge in [-0.05, 0) is 93.4 Å². The molecule has 8 heteroatoms. The fourth-order valence-corrected chi connectivity index (χ4v) is 5.94. The van der Waals surface area contributed by atoms with Crippen molar-refractivity contribution >= 4 is 10.8 Å². The minimum absolute atomic E-state index is 0.130. The summed E-state index contributed by atoms with van der Waals surface area (Å²) < 4.78 is 95.7. The Balaban J connectivity index is 1.23. The van der Waals surface area contributed by atoms with Gasteiger partial charge in [0.05, 0.1) is 28.3 Å². The molecule has 0 aliphatic rings. The second kappa shape index (κ2) is 14.0. The molecule has 0 aliphatic carbocycles. The van der Waals surface area contributed by atoms with Crippen LogP contribution in [0, 0.1) is 46.4 Å². The van der Waals surface area contributed by atoms with E-state index in [0.29, 0.717) is 46.0 Å². The van der Waals surface area contributed by atoms with Crippen molar-refractivity contribution in [3.8, 4) is 45.9 Å². The van der Waals surface area contributed by atoms with Crippen LogP contribution in [0.3, 0.4) is 0 Å². The molecule has 0 bridgehead atoms. The van der Waals surface area contributed by atoms with Crippen LogP contribution in [0.15, 0.2) is 103 Å². The third-order valence-corrected chi connectivity index (χ3v) is 8.72. The van der Waals surface area contributed by atoms with Crippen molar-refractivity contribution in [2.45, 2.75) is 45.6 Å². The maximum atomic E-state index is 15.4. The molecule has 0 aliphatic heterocycles. The standard InChI is InChI=1S/C44H31F6NO/c1-5-26-18-37(43(2,3)4)36(39(46)19-26)17-9-27-8-16-35(38(45)20-27)32-13-12-31-22-33(15-14-30(31)21-32)44(49,50)52-34-23-40(47)42(41(48)24-34)29-10-6-28(25-51)7-11-29/h6-8,10-16,18-24H,5H2,1-4H3. The molecule has 0 aromatic heterocycles. The zero-order valence-corrected chi connectivity index (χ0v) is 28.6. The van der Waals surface area contributed by atoms with Crippen LogP contribution in [-0.4, -0.2) is 0 Å². The lowest BCUT2D eigenvalue weighted by Crippen LogP contribution is -2.22. The predicted molar refractivity (Wildman–Crippen MR) is 191 cm³/mol. The normalized spacial score (nSPS) is 11.6. The molecule has 0 saturated carbocycles. The highest BCUT2D eigenvalue weighted by Crippen LogP contribution is 2.37. The molecule has 6 rings (SSSR count). The molecule has 2 nitrogen and oxygen atoms in total. The fourth-order valence-electron chi connectivity index (χ4n) is 5.94. The number of hydrogen-bond donors (Lipinski definition) is 0. The van der Waals surface area contributed by atoms with Crippen LogP contribution in [0.4, 0.5) is 26.3 Å². The first kappa shape index (κ1) is 35.8. The summed E-state index contributed by atoms with van der Waals surface area (Å²) in [5, 5.41) is 9.88. The van der Waals surface area contributed by atoms with E-state index in [9.17, 15) is 8.78 Å². The van der Waals surface area contributed by atoms with E-state index in [0.717, 1.165) is 17.2 Å². The molecule has 0 N–H and O–H groups in total. The number of ether oxygens (including phenoxy) is 1. The SMILES string of the molecule is CCc1cc(F)c(C#Cc2ccc(-c3ccc4cc(C(F)(F)Oc5cc(F)c(-c6ccc(C#N)cc6)c(F)c5)ccc4c3)c(F)c2)c(C(C)(C)C)c1. The highest BCUT2D eigenvalue weighted by Gasteiger charge is 2.35. The van der Waals surface area contributed by atoms with E-state index >= 15 is 17.6 Å². The van der Waals surface area contributed by atoms with Gasteiger partial charge in [0.25, 0.3) is 0 Å². The van der Waals surface area contributed by atoms with Crippen molar-refractivity contribution in [3.05, 3.63) is 160 Å².